The molecule has 0 saturated heterocycles. The predicted octanol–water partition coefficient (Wildman–Crippen LogP) is 4.83. The zero-order valence-corrected chi connectivity index (χ0v) is 13.1. The highest BCUT2D eigenvalue weighted by atomic mass is 127. The van der Waals surface area contributed by atoms with Crippen molar-refractivity contribution in [3.63, 3.8) is 0 Å². The molecule has 0 unspecified atom stereocenters. The van der Waals surface area contributed by atoms with Crippen molar-refractivity contribution in [2.24, 2.45) is 0 Å². The monoisotopic (exact) mass is 405 g/mol. The fourth-order valence-corrected chi connectivity index (χ4v) is 2.44. The van der Waals surface area contributed by atoms with E-state index in [1.54, 1.807) is 0 Å². The second-order valence-electron chi connectivity index (χ2n) is 3.93. The topological polar surface area (TPSA) is 38.3 Å². The largest absolute Gasteiger partial charge is 0.444 e. The first-order valence-electron chi connectivity index (χ1n) is 5.68. The molecule has 0 atom stereocenters. The lowest BCUT2D eigenvalue weighted by molar-refractivity contribution is 0.155. The Kier molecular flexibility index (Phi) is 5.19. The van der Waals surface area contributed by atoms with Gasteiger partial charge in [0, 0.05) is 9.64 Å². The minimum atomic E-state index is -0.645. The van der Waals surface area contributed by atoms with Gasteiger partial charge >= 0.3 is 6.09 Å². The fourth-order valence-electron chi connectivity index (χ4n) is 1.49. The van der Waals surface area contributed by atoms with E-state index in [2.05, 4.69) is 5.32 Å². The van der Waals surface area contributed by atoms with Crippen LogP contribution in [0.3, 0.4) is 0 Å². The normalized spacial score (nSPS) is 10.2. The lowest BCUT2D eigenvalue weighted by Gasteiger charge is -2.09. The lowest BCUT2D eigenvalue weighted by Crippen LogP contribution is -2.14. The summed E-state index contributed by atoms with van der Waals surface area (Å²) < 4.78 is 19.0. The second-order valence-corrected chi connectivity index (χ2v) is 5.50. The van der Waals surface area contributed by atoms with Crippen LogP contribution in [0.5, 0.6) is 0 Å². The van der Waals surface area contributed by atoms with E-state index >= 15 is 0 Å². The van der Waals surface area contributed by atoms with Crippen molar-refractivity contribution in [2.45, 2.75) is 6.61 Å². The van der Waals surface area contributed by atoms with Gasteiger partial charge in [-0.25, -0.2) is 9.18 Å². The third-order valence-electron chi connectivity index (χ3n) is 2.46. The third kappa shape index (κ3) is 4.08. The smallest absolute Gasteiger partial charge is 0.411 e. The molecule has 0 radical (unpaired) electrons. The lowest BCUT2D eigenvalue weighted by atomic mass is 10.2. The molecule has 2 rings (SSSR count). The Morgan fingerprint density at radius 1 is 1.30 bits per heavy atom. The number of rotatable bonds is 3. The molecule has 0 fully saturated rings. The summed E-state index contributed by atoms with van der Waals surface area (Å²) in [6.07, 6.45) is -0.645. The molecule has 104 valence electrons. The Labute approximate surface area is 134 Å². The first-order chi connectivity index (χ1) is 9.56. The predicted molar refractivity (Wildman–Crippen MR) is 84.4 cm³/mol. The number of carbonyl (C=O) groups is 1. The molecular weight excluding hydrogens is 396 g/mol. The average molecular weight is 406 g/mol. The molecule has 3 nitrogen and oxygen atoms in total. The first kappa shape index (κ1) is 15.1. The van der Waals surface area contributed by atoms with Gasteiger partial charge in [0.15, 0.2) is 0 Å². The van der Waals surface area contributed by atoms with E-state index in [4.69, 9.17) is 16.3 Å². The minimum absolute atomic E-state index is 0.0117. The van der Waals surface area contributed by atoms with E-state index in [0.29, 0.717) is 9.26 Å². The van der Waals surface area contributed by atoms with E-state index in [-0.39, 0.29) is 11.6 Å². The molecule has 1 amide bonds. The maximum Gasteiger partial charge on any atom is 0.411 e. The van der Waals surface area contributed by atoms with E-state index in [0.717, 1.165) is 11.6 Å². The Hall–Kier alpha value is -1.34. The number of nitrogens with one attached hydrogen (secondary N) is 1. The van der Waals surface area contributed by atoms with Crippen molar-refractivity contribution in [2.75, 3.05) is 5.32 Å². The summed E-state index contributed by atoms with van der Waals surface area (Å²) in [6.45, 7) is 0.152. The molecule has 0 aromatic heterocycles. The van der Waals surface area contributed by atoms with Gasteiger partial charge in [-0.15, -0.1) is 0 Å². The number of amides is 1. The fraction of sp³-hybridized carbons (Fsp3) is 0.0714. The van der Waals surface area contributed by atoms with Crippen LogP contribution in [-0.4, -0.2) is 6.09 Å². The van der Waals surface area contributed by atoms with Gasteiger partial charge in [0.1, 0.15) is 12.4 Å². The van der Waals surface area contributed by atoms with Gasteiger partial charge in [0.25, 0.3) is 0 Å². The number of hydrogen-bond donors (Lipinski definition) is 1. The van der Waals surface area contributed by atoms with E-state index in [1.807, 2.05) is 52.9 Å². The number of ether oxygens (including phenoxy) is 1. The van der Waals surface area contributed by atoms with Crippen molar-refractivity contribution >= 4 is 46.0 Å². The number of halogens is 3. The molecule has 0 bridgehead atoms. The van der Waals surface area contributed by atoms with Gasteiger partial charge < -0.3 is 4.74 Å². The third-order valence-corrected chi connectivity index (χ3v) is 3.64. The van der Waals surface area contributed by atoms with Crippen molar-refractivity contribution in [1.82, 2.24) is 0 Å². The molecule has 1 N–H and O–H groups in total. The summed E-state index contributed by atoms with van der Waals surface area (Å²) in [7, 11) is 0. The van der Waals surface area contributed by atoms with Crippen molar-refractivity contribution in [3.8, 4) is 0 Å². The van der Waals surface area contributed by atoms with Gasteiger partial charge in [-0.1, -0.05) is 41.9 Å². The van der Waals surface area contributed by atoms with Crippen LogP contribution in [0.1, 0.15) is 5.56 Å². The van der Waals surface area contributed by atoms with Gasteiger partial charge in [0.05, 0.1) is 10.7 Å². The molecule has 2 aromatic carbocycles. The molecule has 0 aliphatic rings. The van der Waals surface area contributed by atoms with Crippen LogP contribution in [-0.2, 0) is 11.3 Å². The second kappa shape index (κ2) is 6.90. The molecule has 0 aliphatic carbocycles. The highest BCUT2D eigenvalue weighted by Crippen LogP contribution is 2.25. The summed E-state index contributed by atoms with van der Waals surface area (Å²) in [5.41, 5.74) is 1.20. The van der Waals surface area contributed by atoms with Crippen LogP contribution in [0.25, 0.3) is 0 Å². The number of carbonyl (C=O) groups excluding carboxylic acids is 1. The van der Waals surface area contributed by atoms with Crippen LogP contribution >= 0.6 is 34.2 Å². The van der Waals surface area contributed by atoms with Gasteiger partial charge in [-0.2, -0.15) is 0 Å². The molecule has 0 aliphatic heterocycles. The minimum Gasteiger partial charge on any atom is -0.444 e. The summed E-state index contributed by atoms with van der Waals surface area (Å²) >= 11 is 7.59. The Morgan fingerprint density at radius 3 is 2.70 bits per heavy atom. The number of hydrogen-bond acceptors (Lipinski definition) is 2. The Balaban J connectivity index is 1.97. The Bertz CT molecular complexity index is 622. The van der Waals surface area contributed by atoms with Crippen LogP contribution in [0, 0.1) is 9.39 Å². The molecule has 6 heteroatoms. The summed E-state index contributed by atoms with van der Waals surface area (Å²) in [5, 5.41) is 2.49. The highest BCUT2D eigenvalue weighted by Gasteiger charge is 2.10. The molecule has 0 heterocycles. The standard InChI is InChI=1S/C14H10ClFINO2/c15-10-6-12(17)13(7-11(10)16)18-14(19)20-8-9-4-2-1-3-5-9/h1-7H,8H2,(H,18,19). The summed E-state index contributed by atoms with van der Waals surface area (Å²) in [5.74, 6) is -0.592. The van der Waals surface area contributed by atoms with Crippen molar-refractivity contribution < 1.29 is 13.9 Å². The Morgan fingerprint density at radius 2 is 2.00 bits per heavy atom. The maximum absolute atomic E-state index is 13.3. The zero-order chi connectivity index (χ0) is 14.5. The maximum atomic E-state index is 13.3. The molecular formula is C14H10ClFINO2. The zero-order valence-electron chi connectivity index (χ0n) is 10.2. The van der Waals surface area contributed by atoms with Crippen LogP contribution < -0.4 is 5.32 Å². The molecule has 20 heavy (non-hydrogen) atoms. The van der Waals surface area contributed by atoms with Crippen LogP contribution in [0.2, 0.25) is 5.02 Å². The van der Waals surface area contributed by atoms with E-state index in [9.17, 15) is 9.18 Å². The molecule has 0 saturated carbocycles. The highest BCUT2D eigenvalue weighted by molar-refractivity contribution is 14.1. The number of anilines is 1. The van der Waals surface area contributed by atoms with Crippen LogP contribution in [0.15, 0.2) is 42.5 Å². The molecule has 0 spiro atoms. The van der Waals surface area contributed by atoms with E-state index in [1.165, 1.54) is 6.07 Å². The quantitative estimate of drug-likeness (QED) is 0.587. The van der Waals surface area contributed by atoms with Gasteiger partial charge in [-0.05, 0) is 34.2 Å². The van der Waals surface area contributed by atoms with Gasteiger partial charge in [-0.3, -0.25) is 5.32 Å². The van der Waals surface area contributed by atoms with Crippen molar-refractivity contribution in [1.29, 1.82) is 0 Å². The summed E-state index contributed by atoms with van der Waals surface area (Å²) in [4.78, 5) is 11.6. The van der Waals surface area contributed by atoms with Gasteiger partial charge in [0.2, 0.25) is 0 Å². The average Bonchev–Trinajstić information content (AvgIpc) is 2.44. The van der Waals surface area contributed by atoms with Crippen molar-refractivity contribution in [3.05, 3.63) is 62.4 Å². The number of benzene rings is 2. The molecule has 2 aromatic rings. The SMILES string of the molecule is O=C(Nc1cc(F)c(Cl)cc1I)OCc1ccccc1. The van der Waals surface area contributed by atoms with Crippen LogP contribution in [0.4, 0.5) is 14.9 Å². The van der Waals surface area contributed by atoms with E-state index < -0.39 is 11.9 Å². The first-order valence-corrected chi connectivity index (χ1v) is 7.14. The summed E-state index contributed by atoms with van der Waals surface area (Å²) in [6, 6.07) is 11.9.